The summed E-state index contributed by atoms with van der Waals surface area (Å²) in [5.41, 5.74) is 0.548. The van der Waals surface area contributed by atoms with Gasteiger partial charge in [-0.3, -0.25) is 9.59 Å². The number of amides is 2. The van der Waals surface area contributed by atoms with Crippen molar-refractivity contribution >= 4 is 11.8 Å². The smallest absolute Gasteiger partial charge is 0.257 e. The lowest BCUT2D eigenvalue weighted by atomic mass is 9.96. The number of hydrogen-bond acceptors (Lipinski definition) is 3. The fourth-order valence-electron chi connectivity index (χ4n) is 2.26. The van der Waals surface area contributed by atoms with E-state index >= 15 is 0 Å². The summed E-state index contributed by atoms with van der Waals surface area (Å²) in [5, 5.41) is 2.81. The monoisotopic (exact) mass is 250 g/mol. The molecule has 0 aromatic carbocycles. The molecule has 0 radical (unpaired) electrons. The predicted molar refractivity (Wildman–Crippen MR) is 66.0 cm³/mol. The van der Waals surface area contributed by atoms with E-state index < -0.39 is 0 Å². The Hall–Kier alpha value is -1.78. The molecule has 5 nitrogen and oxygen atoms in total. The van der Waals surface area contributed by atoms with Gasteiger partial charge in [0.2, 0.25) is 5.91 Å². The highest BCUT2D eigenvalue weighted by Crippen LogP contribution is 2.19. The standard InChI is InChI=1S/C13H18N2O3/c1-2-14-12(16)10-4-3-6-15(8-10)13(17)11-5-7-18-9-11/h5,7,9-10H,2-4,6,8H2,1H3,(H,14,16)/t10-/m1/s1. The van der Waals surface area contributed by atoms with Crippen molar-refractivity contribution in [3.63, 3.8) is 0 Å². The Morgan fingerprint density at radius 2 is 2.39 bits per heavy atom. The Morgan fingerprint density at radius 3 is 3.06 bits per heavy atom. The molecule has 1 aliphatic heterocycles. The van der Waals surface area contributed by atoms with Gasteiger partial charge in [-0.1, -0.05) is 0 Å². The van der Waals surface area contributed by atoms with Crippen LogP contribution in [-0.2, 0) is 4.79 Å². The van der Waals surface area contributed by atoms with Crippen LogP contribution in [0.15, 0.2) is 23.0 Å². The van der Waals surface area contributed by atoms with E-state index in [1.807, 2.05) is 6.92 Å². The highest BCUT2D eigenvalue weighted by atomic mass is 16.3. The third kappa shape index (κ3) is 2.72. The second-order valence-corrected chi connectivity index (χ2v) is 4.50. The van der Waals surface area contributed by atoms with Gasteiger partial charge < -0.3 is 14.6 Å². The lowest BCUT2D eigenvalue weighted by Crippen LogP contribution is -2.45. The minimum atomic E-state index is -0.0884. The molecule has 5 heteroatoms. The topological polar surface area (TPSA) is 62.6 Å². The Morgan fingerprint density at radius 1 is 1.56 bits per heavy atom. The second-order valence-electron chi connectivity index (χ2n) is 4.50. The third-order valence-electron chi connectivity index (χ3n) is 3.20. The average Bonchev–Trinajstić information content (AvgIpc) is 2.92. The van der Waals surface area contributed by atoms with Gasteiger partial charge >= 0.3 is 0 Å². The molecular formula is C13H18N2O3. The van der Waals surface area contributed by atoms with Crippen molar-refractivity contribution in [1.82, 2.24) is 10.2 Å². The lowest BCUT2D eigenvalue weighted by Gasteiger charge is -2.31. The van der Waals surface area contributed by atoms with Crippen molar-refractivity contribution in [3.05, 3.63) is 24.2 Å². The molecule has 0 unspecified atom stereocenters. The highest BCUT2D eigenvalue weighted by molar-refractivity contribution is 5.94. The van der Waals surface area contributed by atoms with Crippen molar-refractivity contribution in [1.29, 1.82) is 0 Å². The zero-order valence-electron chi connectivity index (χ0n) is 10.5. The number of rotatable bonds is 3. The van der Waals surface area contributed by atoms with Crippen LogP contribution in [0, 0.1) is 5.92 Å². The van der Waals surface area contributed by atoms with Crippen molar-refractivity contribution in [2.45, 2.75) is 19.8 Å². The number of furan rings is 1. The van der Waals surface area contributed by atoms with E-state index in [-0.39, 0.29) is 17.7 Å². The molecule has 2 rings (SSSR count). The molecule has 1 saturated heterocycles. The molecule has 0 bridgehead atoms. The quantitative estimate of drug-likeness (QED) is 0.878. The van der Waals surface area contributed by atoms with Gasteiger partial charge in [0.25, 0.3) is 5.91 Å². The number of carbonyl (C=O) groups excluding carboxylic acids is 2. The van der Waals surface area contributed by atoms with Crippen LogP contribution < -0.4 is 5.32 Å². The summed E-state index contributed by atoms with van der Waals surface area (Å²) in [4.78, 5) is 25.6. The molecule has 2 heterocycles. The van der Waals surface area contributed by atoms with Crippen molar-refractivity contribution in [2.75, 3.05) is 19.6 Å². The first kappa shape index (κ1) is 12.7. The fourth-order valence-corrected chi connectivity index (χ4v) is 2.26. The molecular weight excluding hydrogens is 232 g/mol. The second kappa shape index (κ2) is 5.71. The van der Waals surface area contributed by atoms with Crippen LogP contribution >= 0.6 is 0 Å². The van der Waals surface area contributed by atoms with Crippen LogP contribution in [-0.4, -0.2) is 36.3 Å². The molecule has 2 amide bonds. The lowest BCUT2D eigenvalue weighted by molar-refractivity contribution is -0.126. The largest absolute Gasteiger partial charge is 0.472 e. The third-order valence-corrected chi connectivity index (χ3v) is 3.20. The minimum absolute atomic E-state index is 0.0437. The van der Waals surface area contributed by atoms with Gasteiger partial charge in [0.1, 0.15) is 6.26 Å². The summed E-state index contributed by atoms with van der Waals surface area (Å²) in [6, 6.07) is 1.65. The molecule has 1 aromatic rings. The zero-order valence-corrected chi connectivity index (χ0v) is 10.5. The Kier molecular flexibility index (Phi) is 4.02. The van der Waals surface area contributed by atoms with Gasteiger partial charge in [0, 0.05) is 19.6 Å². The summed E-state index contributed by atoms with van der Waals surface area (Å²) in [7, 11) is 0. The first-order chi connectivity index (χ1) is 8.72. The Balaban J connectivity index is 1.98. The van der Waals surface area contributed by atoms with Gasteiger partial charge in [-0.25, -0.2) is 0 Å². The van der Waals surface area contributed by atoms with E-state index in [1.165, 1.54) is 12.5 Å². The minimum Gasteiger partial charge on any atom is -0.472 e. The molecule has 1 atom stereocenters. The molecule has 18 heavy (non-hydrogen) atoms. The molecule has 0 spiro atoms. The van der Waals surface area contributed by atoms with Gasteiger partial charge in [-0.05, 0) is 25.8 Å². The fraction of sp³-hybridized carbons (Fsp3) is 0.538. The van der Waals surface area contributed by atoms with Crippen molar-refractivity contribution < 1.29 is 14.0 Å². The number of hydrogen-bond donors (Lipinski definition) is 1. The summed E-state index contributed by atoms with van der Waals surface area (Å²) >= 11 is 0. The number of likely N-dealkylation sites (tertiary alicyclic amines) is 1. The first-order valence-corrected chi connectivity index (χ1v) is 6.31. The van der Waals surface area contributed by atoms with Crippen molar-refractivity contribution in [3.8, 4) is 0 Å². The summed E-state index contributed by atoms with van der Waals surface area (Å²) in [5.74, 6) is -0.102. The van der Waals surface area contributed by atoms with Crippen LogP contribution in [0.1, 0.15) is 30.1 Å². The van der Waals surface area contributed by atoms with E-state index in [0.29, 0.717) is 25.2 Å². The number of nitrogens with zero attached hydrogens (tertiary/aromatic N) is 1. The molecule has 0 aliphatic carbocycles. The first-order valence-electron chi connectivity index (χ1n) is 6.31. The Labute approximate surface area is 106 Å². The maximum atomic E-state index is 12.1. The molecule has 1 aliphatic rings. The van der Waals surface area contributed by atoms with Crippen LogP contribution in [0.5, 0.6) is 0 Å². The normalized spacial score (nSPS) is 19.6. The van der Waals surface area contributed by atoms with Gasteiger partial charge in [0.15, 0.2) is 0 Å². The predicted octanol–water partition coefficient (Wildman–Crippen LogP) is 1.27. The van der Waals surface area contributed by atoms with Gasteiger partial charge in [-0.15, -0.1) is 0 Å². The van der Waals surface area contributed by atoms with Crippen LogP contribution in [0.3, 0.4) is 0 Å². The van der Waals surface area contributed by atoms with Crippen molar-refractivity contribution in [2.24, 2.45) is 5.92 Å². The Bertz CT molecular complexity index is 414. The summed E-state index contributed by atoms with van der Waals surface area (Å²) in [6.07, 6.45) is 4.64. The molecule has 1 aromatic heterocycles. The highest BCUT2D eigenvalue weighted by Gasteiger charge is 2.28. The van der Waals surface area contributed by atoms with E-state index in [4.69, 9.17) is 4.42 Å². The number of carbonyl (C=O) groups is 2. The zero-order chi connectivity index (χ0) is 13.0. The molecule has 1 N–H and O–H groups in total. The van der Waals surface area contributed by atoms with Gasteiger partial charge in [0.05, 0.1) is 17.7 Å². The summed E-state index contributed by atoms with van der Waals surface area (Å²) in [6.45, 7) is 3.73. The number of piperidine rings is 1. The van der Waals surface area contributed by atoms with E-state index in [9.17, 15) is 9.59 Å². The van der Waals surface area contributed by atoms with Crippen LogP contribution in [0.2, 0.25) is 0 Å². The maximum absolute atomic E-state index is 12.1. The van der Waals surface area contributed by atoms with Gasteiger partial charge in [-0.2, -0.15) is 0 Å². The van der Waals surface area contributed by atoms with Crippen LogP contribution in [0.4, 0.5) is 0 Å². The maximum Gasteiger partial charge on any atom is 0.257 e. The van der Waals surface area contributed by atoms with E-state index in [0.717, 1.165) is 12.8 Å². The number of nitrogens with one attached hydrogen (secondary N) is 1. The van der Waals surface area contributed by atoms with E-state index in [1.54, 1.807) is 11.0 Å². The average molecular weight is 250 g/mol. The van der Waals surface area contributed by atoms with Crippen LogP contribution in [0.25, 0.3) is 0 Å². The summed E-state index contributed by atoms with van der Waals surface area (Å²) < 4.78 is 4.91. The van der Waals surface area contributed by atoms with E-state index in [2.05, 4.69) is 5.32 Å². The SMILES string of the molecule is CCNC(=O)[C@@H]1CCCN(C(=O)c2ccoc2)C1. The molecule has 0 saturated carbocycles. The molecule has 1 fully saturated rings. The molecule has 98 valence electrons.